The fraction of sp³-hybridized carbons (Fsp3) is 0.462. The van der Waals surface area contributed by atoms with Gasteiger partial charge in [-0.1, -0.05) is 5.16 Å². The Morgan fingerprint density at radius 3 is 2.83 bits per heavy atom. The summed E-state index contributed by atoms with van der Waals surface area (Å²) < 4.78 is 0.873. The van der Waals surface area contributed by atoms with E-state index in [0.717, 1.165) is 16.0 Å². The number of halogens is 1. The second-order valence-electron chi connectivity index (χ2n) is 5.13. The normalized spacial score (nSPS) is 26.9. The minimum Gasteiger partial charge on any atom is -0.409 e. The molecular weight excluding hydrogens is 294 g/mol. The predicted molar refractivity (Wildman–Crippen MR) is 75.1 cm³/mol. The molecule has 0 spiro atoms. The standard InChI is InChI=1S/C13H16BrN3O/c14-12-6-10(3-4-11(12)13(15)16-18)17-7-8-1-2-9(17)5-8/h3-4,6,8-9,18H,1-2,5,7H2,(H2,15,16). The number of rotatable bonds is 2. The van der Waals surface area contributed by atoms with E-state index in [4.69, 9.17) is 10.9 Å². The summed E-state index contributed by atoms with van der Waals surface area (Å²) in [6, 6.07) is 6.73. The molecule has 3 rings (SSSR count). The van der Waals surface area contributed by atoms with E-state index in [0.29, 0.717) is 6.04 Å². The van der Waals surface area contributed by atoms with Crippen LogP contribution in [-0.2, 0) is 0 Å². The first-order valence-corrected chi connectivity index (χ1v) is 7.02. The number of anilines is 1. The van der Waals surface area contributed by atoms with Gasteiger partial charge in [0.2, 0.25) is 0 Å². The average Bonchev–Trinajstić information content (AvgIpc) is 3.00. The Hall–Kier alpha value is -1.23. The van der Waals surface area contributed by atoms with Gasteiger partial charge in [-0.3, -0.25) is 0 Å². The van der Waals surface area contributed by atoms with Gasteiger partial charge in [0.25, 0.3) is 0 Å². The third kappa shape index (κ3) is 1.86. The molecule has 96 valence electrons. The van der Waals surface area contributed by atoms with Gasteiger partial charge in [0.15, 0.2) is 5.84 Å². The molecule has 1 heterocycles. The molecule has 1 saturated heterocycles. The molecule has 1 aliphatic carbocycles. The summed E-state index contributed by atoms with van der Waals surface area (Å²) in [4.78, 5) is 2.48. The number of piperidine rings is 1. The summed E-state index contributed by atoms with van der Waals surface area (Å²) in [5.74, 6) is 1.01. The van der Waals surface area contributed by atoms with E-state index < -0.39 is 0 Å². The molecule has 1 aromatic rings. The Morgan fingerprint density at radius 1 is 1.44 bits per heavy atom. The maximum absolute atomic E-state index is 8.71. The van der Waals surface area contributed by atoms with Crippen molar-refractivity contribution in [3.05, 3.63) is 28.2 Å². The number of oxime groups is 1. The molecule has 1 saturated carbocycles. The van der Waals surface area contributed by atoms with Crippen molar-refractivity contribution in [2.45, 2.75) is 25.3 Å². The summed E-state index contributed by atoms with van der Waals surface area (Å²) in [6.07, 6.45) is 4.02. The first-order valence-electron chi connectivity index (χ1n) is 6.23. The van der Waals surface area contributed by atoms with E-state index in [2.05, 4.69) is 38.1 Å². The van der Waals surface area contributed by atoms with Crippen LogP contribution < -0.4 is 10.6 Å². The highest BCUT2D eigenvalue weighted by Crippen LogP contribution is 2.40. The maximum Gasteiger partial charge on any atom is 0.171 e. The van der Waals surface area contributed by atoms with Gasteiger partial charge in [0.05, 0.1) is 0 Å². The Labute approximate surface area is 115 Å². The molecule has 1 aromatic carbocycles. The molecule has 18 heavy (non-hydrogen) atoms. The fourth-order valence-electron chi connectivity index (χ4n) is 3.19. The first kappa shape index (κ1) is 11.8. The van der Waals surface area contributed by atoms with E-state index >= 15 is 0 Å². The zero-order chi connectivity index (χ0) is 12.7. The molecule has 2 atom stereocenters. The van der Waals surface area contributed by atoms with Gasteiger partial charge < -0.3 is 15.8 Å². The molecular formula is C13H16BrN3O. The van der Waals surface area contributed by atoms with Gasteiger partial charge in [-0.25, -0.2) is 0 Å². The van der Waals surface area contributed by atoms with E-state index in [1.54, 1.807) is 0 Å². The Bertz CT molecular complexity index is 503. The van der Waals surface area contributed by atoms with Crippen LogP contribution in [0.5, 0.6) is 0 Å². The lowest BCUT2D eigenvalue weighted by Gasteiger charge is -2.29. The van der Waals surface area contributed by atoms with Crippen LogP contribution in [0.3, 0.4) is 0 Å². The van der Waals surface area contributed by atoms with Crippen LogP contribution in [0, 0.1) is 5.92 Å². The fourth-order valence-corrected chi connectivity index (χ4v) is 3.76. The molecule has 4 nitrogen and oxygen atoms in total. The van der Waals surface area contributed by atoms with Gasteiger partial charge in [-0.05, 0) is 59.3 Å². The summed E-state index contributed by atoms with van der Waals surface area (Å²) >= 11 is 3.49. The van der Waals surface area contributed by atoms with Crippen molar-refractivity contribution in [1.29, 1.82) is 0 Å². The number of hydrogen-bond acceptors (Lipinski definition) is 3. The SMILES string of the molecule is N/C(=N/O)c1ccc(N2CC3CCC2C3)cc1Br. The first-order chi connectivity index (χ1) is 8.69. The summed E-state index contributed by atoms with van der Waals surface area (Å²) in [5, 5.41) is 11.7. The molecule has 0 radical (unpaired) electrons. The van der Waals surface area contributed by atoms with Crippen molar-refractivity contribution in [2.24, 2.45) is 16.8 Å². The summed E-state index contributed by atoms with van der Waals surface area (Å²) in [7, 11) is 0. The minimum absolute atomic E-state index is 0.136. The van der Waals surface area contributed by atoms with Gasteiger partial charge >= 0.3 is 0 Å². The smallest absolute Gasteiger partial charge is 0.171 e. The van der Waals surface area contributed by atoms with Crippen LogP contribution in [-0.4, -0.2) is 23.6 Å². The Kier molecular flexibility index (Phi) is 2.93. The highest BCUT2D eigenvalue weighted by molar-refractivity contribution is 9.10. The van der Waals surface area contributed by atoms with Crippen molar-refractivity contribution < 1.29 is 5.21 Å². The lowest BCUT2D eigenvalue weighted by molar-refractivity contribution is 0.318. The number of hydrogen-bond donors (Lipinski definition) is 2. The molecule has 0 amide bonds. The van der Waals surface area contributed by atoms with E-state index in [1.807, 2.05) is 6.07 Å². The molecule has 3 N–H and O–H groups in total. The average molecular weight is 310 g/mol. The Balaban J connectivity index is 1.89. The topological polar surface area (TPSA) is 61.9 Å². The van der Waals surface area contributed by atoms with Crippen LogP contribution in [0.15, 0.2) is 27.8 Å². The highest BCUT2D eigenvalue weighted by atomic mass is 79.9. The van der Waals surface area contributed by atoms with Crippen molar-refractivity contribution in [1.82, 2.24) is 0 Å². The number of nitrogens with two attached hydrogens (primary N) is 1. The molecule has 1 aliphatic heterocycles. The zero-order valence-electron chi connectivity index (χ0n) is 10.0. The number of fused-ring (bicyclic) bond motifs is 2. The van der Waals surface area contributed by atoms with Crippen LogP contribution in [0.2, 0.25) is 0 Å². The molecule has 5 heteroatoms. The zero-order valence-corrected chi connectivity index (χ0v) is 11.6. The second-order valence-corrected chi connectivity index (χ2v) is 5.99. The quantitative estimate of drug-likeness (QED) is 0.382. The predicted octanol–water partition coefficient (Wildman–Crippen LogP) is 2.53. The maximum atomic E-state index is 8.71. The largest absolute Gasteiger partial charge is 0.409 e. The van der Waals surface area contributed by atoms with E-state index in [9.17, 15) is 0 Å². The van der Waals surface area contributed by atoms with Crippen LogP contribution in [0.4, 0.5) is 5.69 Å². The van der Waals surface area contributed by atoms with Gasteiger partial charge in [0, 0.05) is 28.3 Å². The minimum atomic E-state index is 0.136. The van der Waals surface area contributed by atoms with E-state index in [1.165, 1.54) is 31.5 Å². The van der Waals surface area contributed by atoms with Crippen LogP contribution >= 0.6 is 15.9 Å². The number of amidine groups is 1. The number of benzene rings is 1. The van der Waals surface area contributed by atoms with Crippen LogP contribution in [0.1, 0.15) is 24.8 Å². The van der Waals surface area contributed by atoms with Crippen molar-refractivity contribution in [3.63, 3.8) is 0 Å². The van der Waals surface area contributed by atoms with Gasteiger partial charge in [0.1, 0.15) is 0 Å². The van der Waals surface area contributed by atoms with Crippen molar-refractivity contribution >= 4 is 27.5 Å². The van der Waals surface area contributed by atoms with Crippen molar-refractivity contribution in [3.8, 4) is 0 Å². The third-order valence-electron chi connectivity index (χ3n) is 4.08. The van der Waals surface area contributed by atoms with Crippen LogP contribution in [0.25, 0.3) is 0 Å². The Morgan fingerprint density at radius 2 is 2.28 bits per heavy atom. The lowest BCUT2D eigenvalue weighted by Crippen LogP contribution is -2.31. The lowest BCUT2D eigenvalue weighted by atomic mass is 10.1. The summed E-state index contributed by atoms with van der Waals surface area (Å²) in [6.45, 7) is 1.17. The molecule has 0 aromatic heterocycles. The van der Waals surface area contributed by atoms with Crippen molar-refractivity contribution in [2.75, 3.05) is 11.4 Å². The number of nitrogens with zero attached hydrogens (tertiary/aromatic N) is 2. The summed E-state index contributed by atoms with van der Waals surface area (Å²) in [5.41, 5.74) is 7.57. The molecule has 2 unspecified atom stereocenters. The molecule has 2 bridgehead atoms. The van der Waals surface area contributed by atoms with Gasteiger partial charge in [-0.15, -0.1) is 0 Å². The highest BCUT2D eigenvalue weighted by Gasteiger charge is 2.37. The molecule has 2 aliphatic rings. The van der Waals surface area contributed by atoms with Gasteiger partial charge in [-0.2, -0.15) is 0 Å². The molecule has 2 fully saturated rings. The monoisotopic (exact) mass is 309 g/mol. The second kappa shape index (κ2) is 4.46. The van der Waals surface area contributed by atoms with E-state index in [-0.39, 0.29) is 5.84 Å². The third-order valence-corrected chi connectivity index (χ3v) is 4.73.